The number of hydrogen-bond donors (Lipinski definition) is 0. The number of sulfone groups is 1. The highest BCUT2D eigenvalue weighted by Crippen LogP contribution is 2.48. The molecule has 0 N–H and O–H groups in total. The molecular weight excluding hydrogens is 472 g/mol. The van der Waals surface area contributed by atoms with Gasteiger partial charge in [0, 0.05) is 28.9 Å². The molecule has 5 rings (SSSR count). The average molecular weight is 499 g/mol. The van der Waals surface area contributed by atoms with Gasteiger partial charge in [0.15, 0.2) is 0 Å². The number of likely N-dealkylation sites (N-methyl/N-ethyl adjacent to an activating group) is 1. The maximum Gasteiger partial charge on any atom is 0.368 e. The molecule has 7 heteroatoms. The van der Waals surface area contributed by atoms with Crippen LogP contribution in [0, 0.1) is 0 Å². The Morgan fingerprint density at radius 1 is 0.917 bits per heavy atom. The average Bonchev–Trinajstić information content (AvgIpc) is 3.36. The van der Waals surface area contributed by atoms with Crippen LogP contribution in [0.2, 0.25) is 0 Å². The Morgan fingerprint density at radius 3 is 2.25 bits per heavy atom. The Morgan fingerprint density at radius 2 is 1.58 bits per heavy atom. The Hall–Kier alpha value is -3.97. The normalized spacial score (nSPS) is 18.9. The monoisotopic (exact) mass is 498 g/mol. The highest BCUT2D eigenvalue weighted by Gasteiger charge is 2.40. The zero-order valence-electron chi connectivity index (χ0n) is 20.3. The van der Waals surface area contributed by atoms with Gasteiger partial charge in [-0.2, -0.15) is 0 Å². The lowest BCUT2D eigenvalue weighted by molar-refractivity contribution is -0.136. The molecule has 182 valence electrons. The second-order valence-corrected chi connectivity index (χ2v) is 11.1. The Labute approximate surface area is 211 Å². The maximum atomic E-state index is 13.3. The number of carbonyl (C=O) groups excluding carboxylic acids is 1. The number of fused-ring (bicyclic) bond motifs is 1. The van der Waals surface area contributed by atoms with Crippen LogP contribution >= 0.6 is 0 Å². The second kappa shape index (κ2) is 8.91. The van der Waals surface area contributed by atoms with Gasteiger partial charge in [-0.05, 0) is 55.0 Å². The lowest BCUT2D eigenvalue weighted by Gasteiger charge is -2.25. The summed E-state index contributed by atoms with van der Waals surface area (Å²) in [5.41, 5.74) is 3.98. The summed E-state index contributed by atoms with van der Waals surface area (Å²) in [6, 6.07) is 23.2. The van der Waals surface area contributed by atoms with Crippen LogP contribution in [-0.4, -0.2) is 26.6 Å². The van der Waals surface area contributed by atoms with Crippen LogP contribution in [0.5, 0.6) is 0 Å². The summed E-state index contributed by atoms with van der Waals surface area (Å²) in [4.78, 5) is 20.1. The molecular formula is C29H26N2O4S. The van der Waals surface area contributed by atoms with E-state index in [-0.39, 0.29) is 9.79 Å². The third kappa shape index (κ3) is 3.85. The molecule has 0 saturated carbocycles. The minimum atomic E-state index is -3.65. The van der Waals surface area contributed by atoms with Gasteiger partial charge in [-0.25, -0.2) is 13.2 Å². The Kier molecular flexibility index (Phi) is 5.88. The van der Waals surface area contributed by atoms with E-state index in [4.69, 9.17) is 4.84 Å². The van der Waals surface area contributed by atoms with E-state index in [1.807, 2.05) is 49.4 Å². The van der Waals surface area contributed by atoms with E-state index in [9.17, 15) is 13.2 Å². The predicted molar refractivity (Wildman–Crippen MR) is 140 cm³/mol. The smallest absolute Gasteiger partial charge is 0.344 e. The van der Waals surface area contributed by atoms with E-state index in [0.717, 1.165) is 22.5 Å². The first-order valence-corrected chi connectivity index (χ1v) is 13.2. The first-order valence-electron chi connectivity index (χ1n) is 11.7. The quantitative estimate of drug-likeness (QED) is 0.347. The van der Waals surface area contributed by atoms with Crippen molar-refractivity contribution in [1.82, 2.24) is 0 Å². The van der Waals surface area contributed by atoms with Gasteiger partial charge < -0.3 is 9.74 Å². The highest BCUT2D eigenvalue weighted by molar-refractivity contribution is 7.91. The van der Waals surface area contributed by atoms with Gasteiger partial charge >= 0.3 is 5.97 Å². The Balaban J connectivity index is 1.57. The van der Waals surface area contributed by atoms with E-state index in [2.05, 4.69) is 23.9 Å². The molecule has 2 aliphatic rings. The number of benzene rings is 3. The minimum Gasteiger partial charge on any atom is -0.344 e. The van der Waals surface area contributed by atoms with E-state index in [1.165, 1.54) is 0 Å². The first-order chi connectivity index (χ1) is 17.2. The molecule has 0 unspecified atom stereocenters. The van der Waals surface area contributed by atoms with Crippen LogP contribution in [-0.2, 0) is 24.9 Å². The summed E-state index contributed by atoms with van der Waals surface area (Å²) in [5.74, 6) is -0.502. The van der Waals surface area contributed by atoms with Gasteiger partial charge in [0.1, 0.15) is 5.71 Å². The zero-order valence-corrected chi connectivity index (χ0v) is 21.1. The molecule has 36 heavy (non-hydrogen) atoms. The summed E-state index contributed by atoms with van der Waals surface area (Å²) >= 11 is 0. The lowest BCUT2D eigenvalue weighted by atomic mass is 9.83. The molecule has 0 bridgehead atoms. The summed E-state index contributed by atoms with van der Waals surface area (Å²) in [7, 11) is -3.65. The molecule has 0 atom stereocenters. The zero-order chi connectivity index (χ0) is 25.5. The molecule has 0 amide bonds. The summed E-state index contributed by atoms with van der Waals surface area (Å²) in [6.45, 7) is 6.84. The number of rotatable bonds is 5. The van der Waals surface area contributed by atoms with E-state index in [1.54, 1.807) is 48.5 Å². The van der Waals surface area contributed by atoms with Gasteiger partial charge in [0.05, 0.1) is 15.4 Å². The third-order valence-electron chi connectivity index (χ3n) is 6.69. The SMILES string of the molecule is CCN1/C(=C\C=C2\C(=O)ON=C2c2ccccc2)C(C)(C)c2cc(S(=O)(=O)c3ccccc3)ccc21. The molecule has 0 spiro atoms. The largest absolute Gasteiger partial charge is 0.368 e. The van der Waals surface area contributed by atoms with Gasteiger partial charge in [0.25, 0.3) is 0 Å². The first kappa shape index (κ1) is 23.8. The van der Waals surface area contributed by atoms with Gasteiger partial charge in [-0.1, -0.05) is 67.5 Å². The van der Waals surface area contributed by atoms with E-state index in [0.29, 0.717) is 17.8 Å². The minimum absolute atomic E-state index is 0.258. The number of oxime groups is 1. The van der Waals surface area contributed by atoms with Gasteiger partial charge in [0.2, 0.25) is 9.84 Å². The van der Waals surface area contributed by atoms with Crippen LogP contribution in [0.15, 0.2) is 117 Å². The predicted octanol–water partition coefficient (Wildman–Crippen LogP) is 5.41. The van der Waals surface area contributed by atoms with Crippen molar-refractivity contribution in [3.05, 3.63) is 113 Å². The topological polar surface area (TPSA) is 76.0 Å². The molecule has 0 aliphatic carbocycles. The van der Waals surface area contributed by atoms with Crippen molar-refractivity contribution in [3.63, 3.8) is 0 Å². The molecule has 0 fully saturated rings. The highest BCUT2D eigenvalue weighted by atomic mass is 32.2. The number of hydrogen-bond acceptors (Lipinski definition) is 6. The Bertz CT molecular complexity index is 1540. The fourth-order valence-corrected chi connectivity index (χ4v) is 6.10. The standard InChI is InChI=1S/C29H26N2O4S/c1-4-31-25-17-15-22(36(33,34)21-13-9-6-10-14-21)19-24(25)29(2,3)26(31)18-16-23-27(30-35-28(23)32)20-11-7-5-8-12-20/h5-19H,4H2,1-3H3/b23-16+,26-18-. The van der Waals surface area contributed by atoms with Crippen molar-refractivity contribution in [2.75, 3.05) is 11.4 Å². The summed E-state index contributed by atoms with van der Waals surface area (Å²) < 4.78 is 26.6. The van der Waals surface area contributed by atoms with E-state index < -0.39 is 21.2 Å². The molecule has 0 saturated heterocycles. The van der Waals surface area contributed by atoms with Crippen molar-refractivity contribution in [2.24, 2.45) is 5.16 Å². The van der Waals surface area contributed by atoms with Gasteiger partial charge in [-0.15, -0.1) is 0 Å². The second-order valence-electron chi connectivity index (χ2n) is 9.18. The van der Waals surface area contributed by atoms with E-state index >= 15 is 0 Å². The number of carbonyl (C=O) groups is 1. The van der Waals surface area contributed by atoms with Crippen molar-refractivity contribution < 1.29 is 18.0 Å². The molecule has 0 radical (unpaired) electrons. The number of allylic oxidation sites excluding steroid dienone is 3. The van der Waals surface area contributed by atoms with Crippen LogP contribution in [0.1, 0.15) is 31.9 Å². The molecule has 2 aliphatic heterocycles. The fourth-order valence-electron chi connectivity index (χ4n) is 4.79. The molecule has 2 heterocycles. The summed E-state index contributed by atoms with van der Waals surface area (Å²) in [5, 5.41) is 3.99. The van der Waals surface area contributed by atoms with Crippen LogP contribution in [0.3, 0.4) is 0 Å². The van der Waals surface area contributed by atoms with Crippen LogP contribution < -0.4 is 4.90 Å². The summed E-state index contributed by atoms with van der Waals surface area (Å²) in [6.07, 6.45) is 3.66. The number of nitrogens with zero attached hydrogens (tertiary/aromatic N) is 2. The van der Waals surface area contributed by atoms with Crippen LogP contribution in [0.4, 0.5) is 5.69 Å². The lowest BCUT2D eigenvalue weighted by Crippen LogP contribution is -2.25. The van der Waals surface area contributed by atoms with Crippen molar-refractivity contribution in [3.8, 4) is 0 Å². The van der Waals surface area contributed by atoms with Crippen LogP contribution in [0.25, 0.3) is 0 Å². The van der Waals surface area contributed by atoms with Crippen molar-refractivity contribution >= 4 is 27.2 Å². The third-order valence-corrected chi connectivity index (χ3v) is 8.46. The van der Waals surface area contributed by atoms with Crippen molar-refractivity contribution in [2.45, 2.75) is 36.0 Å². The molecule has 6 nitrogen and oxygen atoms in total. The maximum absolute atomic E-state index is 13.3. The molecule has 0 aromatic heterocycles. The molecule has 3 aromatic carbocycles. The van der Waals surface area contributed by atoms with Crippen molar-refractivity contribution in [1.29, 1.82) is 0 Å². The number of anilines is 1. The van der Waals surface area contributed by atoms with Gasteiger partial charge in [-0.3, -0.25) is 0 Å². The molecule has 3 aromatic rings. The fraction of sp³-hybridized carbons (Fsp3) is 0.172.